The van der Waals surface area contributed by atoms with Gasteiger partial charge in [0.05, 0.1) is 25.7 Å². The fourth-order valence-corrected chi connectivity index (χ4v) is 3.18. The van der Waals surface area contributed by atoms with Gasteiger partial charge in [0.2, 0.25) is 5.78 Å². The first-order chi connectivity index (χ1) is 14.4. The first-order valence-electron chi connectivity index (χ1n) is 9.44. The maximum atomic E-state index is 12.9. The van der Waals surface area contributed by atoms with Crippen LogP contribution in [0.25, 0.3) is 10.9 Å². The number of hydrogen-bond acceptors (Lipinski definition) is 6. The van der Waals surface area contributed by atoms with Gasteiger partial charge in [0.15, 0.2) is 11.2 Å². The highest BCUT2D eigenvalue weighted by atomic mass is 16.5. The van der Waals surface area contributed by atoms with Gasteiger partial charge in [-0.1, -0.05) is 24.3 Å². The number of H-pyrrole nitrogens is 1. The minimum atomic E-state index is -1.08. The molecule has 3 rings (SSSR count). The first-order valence-corrected chi connectivity index (χ1v) is 9.44. The molecule has 154 valence electrons. The second-order valence-corrected chi connectivity index (χ2v) is 6.64. The number of aromatic amines is 1. The number of aromatic nitrogens is 1. The number of hydrogen-bond donors (Lipinski definition) is 1. The number of para-hydroxylation sites is 1. The molecule has 0 aliphatic rings. The van der Waals surface area contributed by atoms with Crippen molar-refractivity contribution in [1.29, 1.82) is 0 Å². The first kappa shape index (κ1) is 21.0. The van der Waals surface area contributed by atoms with Crippen molar-refractivity contribution in [1.82, 2.24) is 4.98 Å². The van der Waals surface area contributed by atoms with Gasteiger partial charge in [-0.25, -0.2) is 4.79 Å². The van der Waals surface area contributed by atoms with E-state index in [0.717, 1.165) is 16.9 Å². The molecule has 0 unspecified atom stereocenters. The maximum absolute atomic E-state index is 12.9. The number of Topliss-reactive ketones (excluding diaryl/α,β-unsaturated/α-hetero) is 2. The summed E-state index contributed by atoms with van der Waals surface area (Å²) in [6.45, 7) is 1.59. The van der Waals surface area contributed by atoms with Crippen LogP contribution in [0, 0.1) is 0 Å². The third-order valence-electron chi connectivity index (χ3n) is 4.66. The molecule has 0 radical (unpaired) electrons. The summed E-state index contributed by atoms with van der Waals surface area (Å²) in [5.74, 6) is -2.05. The Morgan fingerprint density at radius 1 is 1.07 bits per heavy atom. The van der Waals surface area contributed by atoms with Crippen LogP contribution in [0.2, 0.25) is 0 Å². The number of carbonyl (C=O) groups excluding carboxylic acids is 3. The van der Waals surface area contributed by atoms with Crippen LogP contribution in [0.1, 0.15) is 34.8 Å². The Hall–Kier alpha value is -3.74. The number of benzene rings is 2. The molecular weight excluding hydrogens is 386 g/mol. The lowest BCUT2D eigenvalue weighted by atomic mass is 10.00. The molecule has 0 saturated heterocycles. The van der Waals surface area contributed by atoms with Crippen molar-refractivity contribution < 1.29 is 23.9 Å². The summed E-state index contributed by atoms with van der Waals surface area (Å²) in [5.41, 5.74) is 1.73. The summed E-state index contributed by atoms with van der Waals surface area (Å²) in [6, 6.07) is 12.9. The Labute approximate surface area is 172 Å². The fraction of sp³-hybridized carbons (Fsp3) is 0.217. The molecule has 1 aromatic heterocycles. The standard InChI is InChI=1S/C23H21NO6/c1-3-30-23(28)20(26)12-19(25)17-13-24-18-9-8-14(11-16(18)22(17)27)10-15-6-4-5-7-21(15)29-2/h4-9,11,13H,3,10,12H2,1-2H3,(H,24,27). The van der Waals surface area contributed by atoms with E-state index in [1.54, 1.807) is 26.2 Å². The van der Waals surface area contributed by atoms with E-state index in [0.29, 0.717) is 17.3 Å². The second kappa shape index (κ2) is 9.17. The normalized spacial score (nSPS) is 10.6. The number of carbonyl (C=O) groups is 3. The lowest BCUT2D eigenvalue weighted by molar-refractivity contribution is -0.153. The van der Waals surface area contributed by atoms with Gasteiger partial charge in [-0.15, -0.1) is 0 Å². The molecule has 2 aromatic carbocycles. The van der Waals surface area contributed by atoms with Gasteiger partial charge in [-0.05, 0) is 36.2 Å². The third kappa shape index (κ3) is 4.46. The zero-order valence-corrected chi connectivity index (χ0v) is 16.7. The summed E-state index contributed by atoms with van der Waals surface area (Å²) in [4.78, 5) is 51.5. The number of ketones is 2. The molecular formula is C23H21NO6. The van der Waals surface area contributed by atoms with Crippen molar-refractivity contribution >= 4 is 28.4 Å². The number of fused-ring (bicyclic) bond motifs is 1. The van der Waals surface area contributed by atoms with Gasteiger partial charge >= 0.3 is 5.97 Å². The van der Waals surface area contributed by atoms with Crippen LogP contribution in [-0.4, -0.2) is 36.2 Å². The van der Waals surface area contributed by atoms with Crippen LogP contribution in [0.5, 0.6) is 5.75 Å². The number of pyridine rings is 1. The lowest BCUT2D eigenvalue weighted by Crippen LogP contribution is -2.24. The van der Waals surface area contributed by atoms with Crippen LogP contribution in [-0.2, 0) is 20.7 Å². The fourth-order valence-electron chi connectivity index (χ4n) is 3.18. The van der Waals surface area contributed by atoms with Crippen LogP contribution in [0.3, 0.4) is 0 Å². The predicted octanol–water partition coefficient (Wildman–Crippen LogP) is 2.83. The Bertz CT molecular complexity index is 1180. The number of esters is 1. The molecule has 0 atom stereocenters. The Kier molecular flexibility index (Phi) is 6.41. The van der Waals surface area contributed by atoms with E-state index in [4.69, 9.17) is 4.74 Å². The molecule has 30 heavy (non-hydrogen) atoms. The molecule has 7 heteroatoms. The summed E-state index contributed by atoms with van der Waals surface area (Å²) in [7, 11) is 1.60. The molecule has 1 heterocycles. The summed E-state index contributed by atoms with van der Waals surface area (Å²) >= 11 is 0. The predicted molar refractivity (Wildman–Crippen MR) is 111 cm³/mol. The molecule has 0 spiro atoms. The number of ether oxygens (including phenoxy) is 2. The van der Waals surface area contributed by atoms with Gasteiger partial charge in [0.1, 0.15) is 5.75 Å². The van der Waals surface area contributed by atoms with E-state index < -0.39 is 29.4 Å². The molecule has 0 fully saturated rings. The monoisotopic (exact) mass is 407 g/mol. The Morgan fingerprint density at radius 2 is 1.83 bits per heavy atom. The summed E-state index contributed by atoms with van der Waals surface area (Å²) in [5, 5.41) is 0.330. The van der Waals surface area contributed by atoms with E-state index in [9.17, 15) is 19.2 Å². The average molecular weight is 407 g/mol. The lowest BCUT2D eigenvalue weighted by Gasteiger charge is -2.09. The minimum absolute atomic E-state index is 0.0320. The zero-order valence-electron chi connectivity index (χ0n) is 16.7. The molecule has 0 bridgehead atoms. The third-order valence-corrected chi connectivity index (χ3v) is 4.66. The van der Waals surface area contributed by atoms with Crippen LogP contribution in [0.15, 0.2) is 53.5 Å². The molecule has 0 aliphatic carbocycles. The van der Waals surface area contributed by atoms with Crippen molar-refractivity contribution in [2.75, 3.05) is 13.7 Å². The van der Waals surface area contributed by atoms with E-state index >= 15 is 0 Å². The highest BCUT2D eigenvalue weighted by Gasteiger charge is 2.22. The van der Waals surface area contributed by atoms with Crippen LogP contribution >= 0.6 is 0 Å². The van der Waals surface area contributed by atoms with Crippen molar-refractivity contribution in [2.45, 2.75) is 19.8 Å². The highest BCUT2D eigenvalue weighted by molar-refractivity contribution is 6.38. The average Bonchev–Trinajstić information content (AvgIpc) is 2.74. The van der Waals surface area contributed by atoms with Gasteiger partial charge in [0, 0.05) is 23.5 Å². The second-order valence-electron chi connectivity index (χ2n) is 6.64. The van der Waals surface area contributed by atoms with Gasteiger partial charge in [0.25, 0.3) is 0 Å². The van der Waals surface area contributed by atoms with E-state index in [1.165, 1.54) is 6.20 Å². The summed E-state index contributed by atoms with van der Waals surface area (Å²) in [6.07, 6.45) is 1.10. The number of methoxy groups -OCH3 is 1. The van der Waals surface area contributed by atoms with Crippen LogP contribution in [0.4, 0.5) is 0 Å². The molecule has 0 amide bonds. The van der Waals surface area contributed by atoms with Gasteiger partial charge < -0.3 is 14.5 Å². The number of rotatable bonds is 8. The largest absolute Gasteiger partial charge is 0.496 e. The van der Waals surface area contributed by atoms with Crippen molar-refractivity contribution in [3.63, 3.8) is 0 Å². The van der Waals surface area contributed by atoms with Crippen LogP contribution < -0.4 is 10.2 Å². The molecule has 1 N–H and O–H groups in total. The maximum Gasteiger partial charge on any atom is 0.375 e. The Morgan fingerprint density at radius 3 is 2.57 bits per heavy atom. The molecule has 7 nitrogen and oxygen atoms in total. The zero-order chi connectivity index (χ0) is 21.7. The van der Waals surface area contributed by atoms with Crippen molar-refractivity contribution in [2.24, 2.45) is 0 Å². The SMILES string of the molecule is CCOC(=O)C(=O)CC(=O)c1c[nH]c2ccc(Cc3ccccc3OC)cc2c1=O. The smallest absolute Gasteiger partial charge is 0.375 e. The van der Waals surface area contributed by atoms with Gasteiger partial charge in [-0.2, -0.15) is 0 Å². The molecule has 3 aromatic rings. The van der Waals surface area contributed by atoms with E-state index in [1.807, 2.05) is 30.3 Å². The van der Waals surface area contributed by atoms with Crippen molar-refractivity contribution in [3.05, 3.63) is 75.6 Å². The minimum Gasteiger partial charge on any atom is -0.496 e. The quantitative estimate of drug-likeness (QED) is 0.267. The Balaban J connectivity index is 1.91. The van der Waals surface area contributed by atoms with E-state index in [2.05, 4.69) is 9.72 Å². The highest BCUT2D eigenvalue weighted by Crippen LogP contribution is 2.22. The topological polar surface area (TPSA) is 103 Å². The van der Waals surface area contributed by atoms with Crippen molar-refractivity contribution in [3.8, 4) is 5.75 Å². The summed E-state index contributed by atoms with van der Waals surface area (Å²) < 4.78 is 9.97. The van der Waals surface area contributed by atoms with E-state index in [-0.39, 0.29) is 12.2 Å². The van der Waals surface area contributed by atoms with Gasteiger partial charge in [-0.3, -0.25) is 14.4 Å². The molecule has 0 aliphatic heterocycles. The number of nitrogens with one attached hydrogen (secondary N) is 1. The molecule has 0 saturated carbocycles.